The summed E-state index contributed by atoms with van der Waals surface area (Å²) in [5.41, 5.74) is 4.35. The molecule has 0 fully saturated rings. The first-order valence-corrected chi connectivity index (χ1v) is 9.70. The monoisotopic (exact) mass is 392 g/mol. The van der Waals surface area contributed by atoms with Crippen LogP contribution in [0.25, 0.3) is 11.3 Å². The van der Waals surface area contributed by atoms with Crippen LogP contribution in [0.15, 0.2) is 65.7 Å². The smallest absolute Gasteiger partial charge is 0.234 e. The number of hydrogen-bond donors (Lipinski definition) is 2. The Hall–Kier alpha value is -3.19. The van der Waals surface area contributed by atoms with Crippen molar-refractivity contribution < 1.29 is 9.59 Å². The van der Waals surface area contributed by atoms with Gasteiger partial charge in [-0.1, -0.05) is 36.0 Å². The molecule has 0 aliphatic carbocycles. The van der Waals surface area contributed by atoms with E-state index in [1.165, 1.54) is 18.7 Å². The molecule has 3 aromatic rings. The standard InChI is InChI=1S/C21H20N4O2S/c1-14-5-3-4-6-18(14)19-11-12-21(25-24-19)28-13-20(27)23-17-9-7-16(8-10-17)22-15(2)26/h3-12H,13H2,1-2H3,(H,22,26)(H,23,27). The lowest BCUT2D eigenvalue weighted by atomic mass is 10.1. The third-order valence-electron chi connectivity index (χ3n) is 3.90. The summed E-state index contributed by atoms with van der Waals surface area (Å²) >= 11 is 1.32. The lowest BCUT2D eigenvalue weighted by Gasteiger charge is -2.07. The number of amides is 2. The highest BCUT2D eigenvalue weighted by Gasteiger charge is 2.07. The third kappa shape index (κ3) is 5.40. The van der Waals surface area contributed by atoms with Crippen LogP contribution >= 0.6 is 11.8 Å². The zero-order valence-electron chi connectivity index (χ0n) is 15.6. The molecule has 142 valence electrons. The molecule has 6 nitrogen and oxygen atoms in total. The summed E-state index contributed by atoms with van der Waals surface area (Å²) in [6.45, 7) is 3.48. The molecule has 0 radical (unpaired) electrons. The molecule has 0 spiro atoms. The molecule has 0 saturated heterocycles. The van der Waals surface area contributed by atoms with Crippen molar-refractivity contribution in [3.63, 3.8) is 0 Å². The average molecular weight is 392 g/mol. The minimum Gasteiger partial charge on any atom is -0.326 e. The fourth-order valence-corrected chi connectivity index (χ4v) is 3.19. The van der Waals surface area contributed by atoms with Crippen molar-refractivity contribution in [1.82, 2.24) is 10.2 Å². The van der Waals surface area contributed by atoms with Crippen LogP contribution in [0.5, 0.6) is 0 Å². The average Bonchev–Trinajstić information content (AvgIpc) is 2.68. The van der Waals surface area contributed by atoms with E-state index < -0.39 is 0 Å². The zero-order chi connectivity index (χ0) is 19.9. The van der Waals surface area contributed by atoms with Crippen LogP contribution in [0.4, 0.5) is 11.4 Å². The first-order valence-electron chi connectivity index (χ1n) is 8.71. The fourth-order valence-electron chi connectivity index (χ4n) is 2.58. The summed E-state index contributed by atoms with van der Waals surface area (Å²) in [6.07, 6.45) is 0. The van der Waals surface area contributed by atoms with Gasteiger partial charge in [-0.2, -0.15) is 0 Å². The first-order chi connectivity index (χ1) is 13.5. The Labute approximate surface area is 167 Å². The summed E-state index contributed by atoms with van der Waals surface area (Å²) in [4.78, 5) is 23.2. The van der Waals surface area contributed by atoms with E-state index >= 15 is 0 Å². The maximum atomic E-state index is 12.1. The Bertz CT molecular complexity index is 972. The maximum Gasteiger partial charge on any atom is 0.234 e. The van der Waals surface area contributed by atoms with Crippen LogP contribution in [-0.2, 0) is 9.59 Å². The molecule has 0 aliphatic rings. The molecular formula is C21H20N4O2S. The van der Waals surface area contributed by atoms with E-state index in [0.717, 1.165) is 16.8 Å². The zero-order valence-corrected chi connectivity index (χ0v) is 16.4. The molecule has 0 atom stereocenters. The molecule has 7 heteroatoms. The van der Waals surface area contributed by atoms with Gasteiger partial charge in [0.25, 0.3) is 0 Å². The second kappa shape index (κ2) is 9.14. The summed E-state index contributed by atoms with van der Waals surface area (Å²) < 4.78 is 0. The number of carbonyl (C=O) groups is 2. The Morgan fingerprint density at radius 3 is 2.18 bits per heavy atom. The topological polar surface area (TPSA) is 84.0 Å². The van der Waals surface area contributed by atoms with Crippen LogP contribution in [0.1, 0.15) is 12.5 Å². The van der Waals surface area contributed by atoms with E-state index in [1.54, 1.807) is 24.3 Å². The van der Waals surface area contributed by atoms with Crippen LogP contribution in [-0.4, -0.2) is 27.8 Å². The third-order valence-corrected chi connectivity index (χ3v) is 4.82. The van der Waals surface area contributed by atoms with Gasteiger partial charge in [0.15, 0.2) is 0 Å². The normalized spacial score (nSPS) is 10.4. The minimum atomic E-state index is -0.137. The molecule has 1 heterocycles. The molecule has 2 aromatic carbocycles. The van der Waals surface area contributed by atoms with Crippen molar-refractivity contribution in [2.45, 2.75) is 18.9 Å². The Morgan fingerprint density at radius 1 is 0.893 bits per heavy atom. The number of anilines is 2. The van der Waals surface area contributed by atoms with E-state index in [1.807, 2.05) is 43.3 Å². The molecule has 1 aromatic heterocycles. The number of aryl methyl sites for hydroxylation is 1. The predicted molar refractivity (Wildman–Crippen MR) is 112 cm³/mol. The molecular weight excluding hydrogens is 372 g/mol. The number of aromatic nitrogens is 2. The summed E-state index contributed by atoms with van der Waals surface area (Å²) in [5.74, 6) is -0.0453. The quantitative estimate of drug-likeness (QED) is 0.616. The lowest BCUT2D eigenvalue weighted by molar-refractivity contribution is -0.114. The van der Waals surface area contributed by atoms with Crippen LogP contribution in [0.3, 0.4) is 0 Å². The number of thioether (sulfide) groups is 1. The highest BCUT2D eigenvalue weighted by Crippen LogP contribution is 2.22. The number of hydrogen-bond acceptors (Lipinski definition) is 5. The highest BCUT2D eigenvalue weighted by atomic mass is 32.2. The molecule has 0 aliphatic heterocycles. The molecule has 0 saturated carbocycles. The van der Waals surface area contributed by atoms with Gasteiger partial charge in [-0.3, -0.25) is 9.59 Å². The number of carbonyl (C=O) groups excluding carboxylic acids is 2. The van der Waals surface area contributed by atoms with Crippen molar-refractivity contribution in [3.05, 3.63) is 66.2 Å². The predicted octanol–water partition coefficient (Wildman–Crippen LogP) is 4.14. The Morgan fingerprint density at radius 2 is 1.57 bits per heavy atom. The second-order valence-corrected chi connectivity index (χ2v) is 7.16. The maximum absolute atomic E-state index is 12.1. The number of nitrogens with one attached hydrogen (secondary N) is 2. The number of nitrogens with zero attached hydrogens (tertiary/aromatic N) is 2. The van der Waals surface area contributed by atoms with Crippen molar-refractivity contribution in [1.29, 1.82) is 0 Å². The second-order valence-electron chi connectivity index (χ2n) is 6.17. The lowest BCUT2D eigenvalue weighted by Crippen LogP contribution is -2.14. The van der Waals surface area contributed by atoms with Crippen molar-refractivity contribution >= 4 is 35.0 Å². The van der Waals surface area contributed by atoms with Crippen molar-refractivity contribution in [3.8, 4) is 11.3 Å². The molecule has 3 rings (SSSR count). The molecule has 2 amide bonds. The largest absolute Gasteiger partial charge is 0.326 e. The summed E-state index contributed by atoms with van der Waals surface area (Å²) in [5, 5.41) is 14.7. The van der Waals surface area contributed by atoms with Gasteiger partial charge >= 0.3 is 0 Å². The van der Waals surface area contributed by atoms with Crippen molar-refractivity contribution in [2.24, 2.45) is 0 Å². The SMILES string of the molecule is CC(=O)Nc1ccc(NC(=O)CSc2ccc(-c3ccccc3C)nn2)cc1. The summed E-state index contributed by atoms with van der Waals surface area (Å²) in [7, 11) is 0. The molecule has 28 heavy (non-hydrogen) atoms. The summed E-state index contributed by atoms with van der Waals surface area (Å²) in [6, 6.07) is 18.7. The van der Waals surface area contributed by atoms with E-state index in [0.29, 0.717) is 16.4 Å². The van der Waals surface area contributed by atoms with Crippen LogP contribution in [0, 0.1) is 6.92 Å². The van der Waals surface area contributed by atoms with Gasteiger partial charge in [0.05, 0.1) is 11.4 Å². The van der Waals surface area contributed by atoms with E-state index in [4.69, 9.17) is 0 Å². The fraction of sp³-hybridized carbons (Fsp3) is 0.143. The first kappa shape index (κ1) is 19.6. The highest BCUT2D eigenvalue weighted by molar-refractivity contribution is 7.99. The van der Waals surface area contributed by atoms with Gasteiger partial charge in [-0.05, 0) is 48.9 Å². The van der Waals surface area contributed by atoms with Gasteiger partial charge in [-0.25, -0.2) is 0 Å². The van der Waals surface area contributed by atoms with Gasteiger partial charge in [-0.15, -0.1) is 10.2 Å². The van der Waals surface area contributed by atoms with E-state index in [9.17, 15) is 9.59 Å². The van der Waals surface area contributed by atoms with Gasteiger partial charge in [0, 0.05) is 23.9 Å². The number of benzene rings is 2. The molecule has 0 unspecified atom stereocenters. The Kier molecular flexibility index (Phi) is 6.39. The molecule has 2 N–H and O–H groups in total. The van der Waals surface area contributed by atoms with Crippen molar-refractivity contribution in [2.75, 3.05) is 16.4 Å². The number of rotatable bonds is 6. The van der Waals surface area contributed by atoms with Crippen LogP contribution in [0.2, 0.25) is 0 Å². The van der Waals surface area contributed by atoms with Gasteiger partial charge in [0.2, 0.25) is 11.8 Å². The Balaban J connectivity index is 1.53. The molecule has 0 bridgehead atoms. The van der Waals surface area contributed by atoms with E-state index in [2.05, 4.69) is 20.8 Å². The van der Waals surface area contributed by atoms with E-state index in [-0.39, 0.29) is 17.6 Å². The van der Waals surface area contributed by atoms with Gasteiger partial charge in [0.1, 0.15) is 5.03 Å². The minimum absolute atomic E-state index is 0.136. The van der Waals surface area contributed by atoms with Crippen LogP contribution < -0.4 is 10.6 Å². The van der Waals surface area contributed by atoms with Gasteiger partial charge < -0.3 is 10.6 Å².